The molecular formula is C19H22FN5O4S. The van der Waals surface area contributed by atoms with E-state index in [1.807, 2.05) is 4.90 Å². The van der Waals surface area contributed by atoms with Gasteiger partial charge in [0.1, 0.15) is 17.5 Å². The quantitative estimate of drug-likeness (QED) is 0.483. The highest BCUT2D eigenvalue weighted by Gasteiger charge is 2.48. The molecule has 3 aliphatic heterocycles. The van der Waals surface area contributed by atoms with Crippen molar-refractivity contribution in [3.05, 3.63) is 24.0 Å². The van der Waals surface area contributed by atoms with Gasteiger partial charge in [0.15, 0.2) is 0 Å². The summed E-state index contributed by atoms with van der Waals surface area (Å²) in [5.41, 5.74) is -0.105. The van der Waals surface area contributed by atoms with Crippen molar-refractivity contribution >= 4 is 46.6 Å². The third-order valence-corrected chi connectivity index (χ3v) is 5.81. The van der Waals surface area contributed by atoms with Crippen molar-refractivity contribution in [2.75, 3.05) is 36.0 Å². The molecule has 1 aromatic rings. The number of piperidine rings is 1. The van der Waals surface area contributed by atoms with Gasteiger partial charge in [0.25, 0.3) is 5.91 Å². The van der Waals surface area contributed by atoms with Crippen molar-refractivity contribution in [3.8, 4) is 0 Å². The van der Waals surface area contributed by atoms with Gasteiger partial charge in [-0.1, -0.05) is 12.2 Å². The first kappa shape index (κ1) is 20.3. The second-order valence-corrected chi connectivity index (χ2v) is 8.28. The number of imide groups is 1. The van der Waals surface area contributed by atoms with Crippen LogP contribution in [0.2, 0.25) is 0 Å². The first-order valence-corrected chi connectivity index (χ1v) is 10.1. The molecule has 1 aromatic carbocycles. The summed E-state index contributed by atoms with van der Waals surface area (Å²) in [5.74, 6) is -0.795. The van der Waals surface area contributed by atoms with Gasteiger partial charge in [-0.3, -0.25) is 15.0 Å². The molecule has 3 fully saturated rings. The lowest BCUT2D eigenvalue weighted by molar-refractivity contribution is -0.124. The molecule has 3 saturated heterocycles. The van der Waals surface area contributed by atoms with E-state index in [1.54, 1.807) is 19.1 Å². The van der Waals surface area contributed by atoms with Gasteiger partial charge in [0, 0.05) is 13.1 Å². The van der Waals surface area contributed by atoms with Crippen LogP contribution in [-0.4, -0.2) is 60.8 Å². The van der Waals surface area contributed by atoms with Crippen LogP contribution in [0, 0.1) is 5.82 Å². The number of carbonyl (C=O) groups is 3. The molecule has 11 heteroatoms. The number of thiocarbonyl (C=S) groups is 1. The van der Waals surface area contributed by atoms with E-state index in [-0.39, 0.29) is 12.0 Å². The average Bonchev–Trinajstić information content (AvgIpc) is 3.20. The largest absolute Gasteiger partial charge is 0.442 e. The molecule has 4 amide bonds. The van der Waals surface area contributed by atoms with Crippen molar-refractivity contribution in [1.29, 1.82) is 0 Å². The van der Waals surface area contributed by atoms with Crippen LogP contribution >= 0.6 is 12.2 Å². The highest BCUT2D eigenvalue weighted by Crippen LogP contribution is 2.32. The minimum absolute atomic E-state index is 0.300. The lowest BCUT2D eigenvalue weighted by Gasteiger charge is -2.38. The maximum absolute atomic E-state index is 14.9. The number of halogens is 1. The van der Waals surface area contributed by atoms with E-state index in [9.17, 15) is 18.8 Å². The van der Waals surface area contributed by atoms with Crippen LogP contribution < -0.4 is 25.8 Å². The van der Waals surface area contributed by atoms with Gasteiger partial charge < -0.3 is 20.3 Å². The second kappa shape index (κ2) is 7.71. The van der Waals surface area contributed by atoms with E-state index < -0.39 is 23.5 Å². The van der Waals surface area contributed by atoms with Crippen LogP contribution in [0.15, 0.2) is 18.2 Å². The summed E-state index contributed by atoms with van der Waals surface area (Å²) >= 11 is 4.96. The number of rotatable bonds is 4. The summed E-state index contributed by atoms with van der Waals surface area (Å²) in [4.78, 5) is 39.5. The van der Waals surface area contributed by atoms with Gasteiger partial charge in [-0.05, 0) is 38.0 Å². The number of nitrogens with zero attached hydrogens (tertiary/aromatic N) is 2. The van der Waals surface area contributed by atoms with Crippen LogP contribution in [0.4, 0.5) is 25.4 Å². The molecule has 0 bridgehead atoms. The summed E-state index contributed by atoms with van der Waals surface area (Å²) in [6.45, 7) is 3.28. The fraction of sp³-hybridized carbons (Fsp3) is 0.474. The molecule has 1 atom stereocenters. The maximum atomic E-state index is 14.9. The Balaban J connectivity index is 1.42. The Bertz CT molecular complexity index is 918. The summed E-state index contributed by atoms with van der Waals surface area (Å²) < 4.78 is 20.2. The van der Waals surface area contributed by atoms with Crippen molar-refractivity contribution in [3.63, 3.8) is 0 Å². The Labute approximate surface area is 177 Å². The number of hydrogen-bond acceptors (Lipinski definition) is 6. The third kappa shape index (κ3) is 3.76. The zero-order valence-electron chi connectivity index (χ0n) is 16.4. The van der Waals surface area contributed by atoms with Crippen LogP contribution in [0.25, 0.3) is 0 Å². The van der Waals surface area contributed by atoms with Gasteiger partial charge >= 0.3 is 12.1 Å². The number of hydrogen-bond donors (Lipinski definition) is 3. The number of nitrogens with one attached hydrogen (secondary N) is 3. The van der Waals surface area contributed by atoms with Crippen LogP contribution in [0.3, 0.4) is 0 Å². The normalized spacial score (nSPS) is 22.7. The summed E-state index contributed by atoms with van der Waals surface area (Å²) in [7, 11) is 0. The summed E-state index contributed by atoms with van der Waals surface area (Å²) in [6.07, 6.45) is -0.126. The molecule has 30 heavy (non-hydrogen) atoms. The molecule has 0 saturated carbocycles. The molecule has 1 spiro atoms. The second-order valence-electron chi connectivity index (χ2n) is 7.67. The van der Waals surface area contributed by atoms with Gasteiger partial charge in [-0.25, -0.2) is 14.0 Å². The van der Waals surface area contributed by atoms with E-state index >= 15 is 0 Å². The molecule has 160 valence electrons. The van der Waals surface area contributed by atoms with Gasteiger partial charge in [-0.15, -0.1) is 0 Å². The highest BCUT2D eigenvalue weighted by atomic mass is 32.1. The van der Waals surface area contributed by atoms with Crippen molar-refractivity contribution in [2.24, 2.45) is 0 Å². The Morgan fingerprint density at radius 2 is 2.07 bits per heavy atom. The van der Waals surface area contributed by atoms with Crippen LogP contribution in [-0.2, 0) is 9.53 Å². The fourth-order valence-corrected chi connectivity index (χ4v) is 4.11. The molecule has 4 rings (SSSR count). The molecule has 0 aromatic heterocycles. The number of ether oxygens (including phenoxy) is 1. The molecule has 3 aliphatic rings. The van der Waals surface area contributed by atoms with Crippen molar-refractivity contribution in [2.45, 2.75) is 31.4 Å². The zero-order valence-corrected chi connectivity index (χ0v) is 17.2. The number of anilines is 2. The minimum atomic E-state index is -0.910. The average molecular weight is 435 g/mol. The number of urea groups is 1. The number of amides is 4. The SMILES string of the molecule is CC(=S)NCC1CN(c2ccc(N3CCC4(CC3)NC(=O)NC4=O)c(F)c2)C(=O)O1. The van der Waals surface area contributed by atoms with Gasteiger partial charge in [0.2, 0.25) is 0 Å². The van der Waals surface area contributed by atoms with E-state index in [0.717, 1.165) is 0 Å². The molecule has 0 radical (unpaired) electrons. The smallest absolute Gasteiger partial charge is 0.414 e. The lowest BCUT2D eigenvalue weighted by Crippen LogP contribution is -2.55. The van der Waals surface area contributed by atoms with Gasteiger partial charge in [0.05, 0.1) is 29.5 Å². The zero-order chi connectivity index (χ0) is 21.5. The Morgan fingerprint density at radius 3 is 2.67 bits per heavy atom. The molecule has 9 nitrogen and oxygen atoms in total. The van der Waals surface area contributed by atoms with Crippen molar-refractivity contribution in [1.82, 2.24) is 16.0 Å². The highest BCUT2D eigenvalue weighted by molar-refractivity contribution is 7.80. The van der Waals surface area contributed by atoms with Gasteiger partial charge in [-0.2, -0.15) is 0 Å². The van der Waals surface area contributed by atoms with E-state index in [2.05, 4.69) is 16.0 Å². The van der Waals surface area contributed by atoms with Crippen molar-refractivity contribution < 1.29 is 23.5 Å². The van der Waals surface area contributed by atoms with Crippen LogP contribution in [0.1, 0.15) is 19.8 Å². The molecule has 3 N–H and O–H groups in total. The molecular weight excluding hydrogens is 413 g/mol. The first-order valence-electron chi connectivity index (χ1n) is 9.68. The number of cyclic esters (lactones) is 1. The summed E-state index contributed by atoms with van der Waals surface area (Å²) in [6, 6.07) is 4.12. The fourth-order valence-electron chi connectivity index (χ4n) is 4.03. The topological polar surface area (TPSA) is 103 Å². The summed E-state index contributed by atoms with van der Waals surface area (Å²) in [5, 5.41) is 7.91. The molecule has 1 unspecified atom stereocenters. The predicted octanol–water partition coefficient (Wildman–Crippen LogP) is 1.27. The molecule has 3 heterocycles. The lowest BCUT2D eigenvalue weighted by atomic mass is 9.87. The maximum Gasteiger partial charge on any atom is 0.414 e. The monoisotopic (exact) mass is 435 g/mol. The number of carbonyl (C=O) groups excluding carboxylic acids is 3. The number of benzene rings is 1. The van der Waals surface area contributed by atoms with Crippen LogP contribution in [0.5, 0.6) is 0 Å². The Hall–Kier alpha value is -2.95. The van der Waals surface area contributed by atoms with E-state index in [0.29, 0.717) is 55.4 Å². The molecule has 0 aliphatic carbocycles. The Kier molecular flexibility index (Phi) is 5.22. The van der Waals surface area contributed by atoms with E-state index in [1.165, 1.54) is 11.0 Å². The predicted molar refractivity (Wildman–Crippen MR) is 111 cm³/mol. The van der Waals surface area contributed by atoms with E-state index in [4.69, 9.17) is 17.0 Å². The standard InChI is InChI=1S/C19H22FN5O4S/c1-11(30)21-9-13-10-25(18(28)29-13)12-2-3-15(14(20)8-12)24-6-4-19(5-7-24)16(26)22-17(27)23-19/h2-3,8,13H,4-7,9-10H2,1H3,(H,21,30)(H2,22,23,26,27). The third-order valence-electron chi connectivity index (χ3n) is 5.67. The first-order chi connectivity index (χ1) is 14.3. The Morgan fingerprint density at radius 1 is 1.33 bits per heavy atom. The minimum Gasteiger partial charge on any atom is -0.442 e.